The van der Waals surface area contributed by atoms with Gasteiger partial charge in [0.2, 0.25) is 0 Å². The summed E-state index contributed by atoms with van der Waals surface area (Å²) in [6, 6.07) is 7.21. The number of methoxy groups -OCH3 is 1. The Morgan fingerprint density at radius 2 is 2.11 bits per heavy atom. The predicted molar refractivity (Wildman–Crippen MR) is 76.9 cm³/mol. The molecule has 0 saturated heterocycles. The standard InChI is InChI=1S/C14H18BrNO3/c1-4-16(9-10(2)14(18)19-3)13(17)11-6-5-7-12(15)8-11/h5-8,10H,4,9H2,1-3H3. The Morgan fingerprint density at radius 1 is 1.42 bits per heavy atom. The molecule has 1 aromatic carbocycles. The maximum absolute atomic E-state index is 12.3. The molecule has 0 spiro atoms. The number of carbonyl (C=O) groups excluding carboxylic acids is 2. The van der Waals surface area contributed by atoms with Crippen molar-refractivity contribution in [3.63, 3.8) is 0 Å². The van der Waals surface area contributed by atoms with Crippen molar-refractivity contribution in [2.24, 2.45) is 5.92 Å². The Bertz CT molecular complexity index is 462. The lowest BCUT2D eigenvalue weighted by Gasteiger charge is -2.23. The van der Waals surface area contributed by atoms with Crippen LogP contribution in [-0.4, -0.2) is 37.0 Å². The van der Waals surface area contributed by atoms with E-state index in [2.05, 4.69) is 20.7 Å². The summed E-state index contributed by atoms with van der Waals surface area (Å²) in [7, 11) is 1.35. The van der Waals surface area contributed by atoms with Crippen molar-refractivity contribution in [1.29, 1.82) is 0 Å². The van der Waals surface area contributed by atoms with E-state index in [1.54, 1.807) is 24.0 Å². The maximum atomic E-state index is 12.3. The average molecular weight is 328 g/mol. The molecule has 0 aliphatic carbocycles. The molecule has 0 heterocycles. The summed E-state index contributed by atoms with van der Waals surface area (Å²) in [6.07, 6.45) is 0. The average Bonchev–Trinajstić information content (AvgIpc) is 2.42. The van der Waals surface area contributed by atoms with Gasteiger partial charge in [0, 0.05) is 23.1 Å². The van der Waals surface area contributed by atoms with Gasteiger partial charge >= 0.3 is 5.97 Å². The first-order valence-electron chi connectivity index (χ1n) is 6.12. The second-order valence-electron chi connectivity index (χ2n) is 4.28. The molecule has 104 valence electrons. The van der Waals surface area contributed by atoms with Crippen LogP contribution >= 0.6 is 15.9 Å². The first kappa shape index (κ1) is 15.7. The van der Waals surface area contributed by atoms with Crippen molar-refractivity contribution in [2.75, 3.05) is 20.2 Å². The molecule has 1 aromatic rings. The molecule has 0 aromatic heterocycles. The van der Waals surface area contributed by atoms with Crippen LogP contribution in [0.5, 0.6) is 0 Å². The largest absolute Gasteiger partial charge is 0.469 e. The van der Waals surface area contributed by atoms with E-state index in [9.17, 15) is 9.59 Å². The maximum Gasteiger partial charge on any atom is 0.310 e. The Morgan fingerprint density at radius 3 is 2.63 bits per heavy atom. The lowest BCUT2D eigenvalue weighted by atomic mass is 10.1. The van der Waals surface area contributed by atoms with Gasteiger partial charge in [-0.25, -0.2) is 0 Å². The van der Waals surface area contributed by atoms with Crippen LogP contribution in [-0.2, 0) is 9.53 Å². The van der Waals surface area contributed by atoms with E-state index in [1.165, 1.54) is 7.11 Å². The van der Waals surface area contributed by atoms with Gasteiger partial charge in [0.15, 0.2) is 0 Å². The van der Waals surface area contributed by atoms with E-state index in [0.29, 0.717) is 18.7 Å². The molecule has 0 bridgehead atoms. The second-order valence-corrected chi connectivity index (χ2v) is 5.19. The van der Waals surface area contributed by atoms with Crippen molar-refractivity contribution in [1.82, 2.24) is 4.90 Å². The van der Waals surface area contributed by atoms with Crippen LogP contribution in [0.2, 0.25) is 0 Å². The monoisotopic (exact) mass is 327 g/mol. The highest BCUT2D eigenvalue weighted by Crippen LogP contribution is 2.14. The van der Waals surface area contributed by atoms with E-state index < -0.39 is 0 Å². The number of rotatable bonds is 5. The first-order chi connectivity index (χ1) is 8.99. The summed E-state index contributed by atoms with van der Waals surface area (Å²) >= 11 is 3.34. The fourth-order valence-corrected chi connectivity index (χ4v) is 2.17. The zero-order chi connectivity index (χ0) is 14.4. The predicted octanol–water partition coefficient (Wildman–Crippen LogP) is 2.72. The number of ether oxygens (including phenoxy) is 1. The third-order valence-corrected chi connectivity index (χ3v) is 3.33. The van der Waals surface area contributed by atoms with E-state index in [1.807, 2.05) is 19.1 Å². The minimum absolute atomic E-state index is 0.0837. The summed E-state index contributed by atoms with van der Waals surface area (Å²) in [6.45, 7) is 4.55. The summed E-state index contributed by atoms with van der Waals surface area (Å²) < 4.78 is 5.53. The molecule has 19 heavy (non-hydrogen) atoms. The molecule has 1 unspecified atom stereocenters. The summed E-state index contributed by atoms with van der Waals surface area (Å²) in [4.78, 5) is 25.4. The SMILES string of the molecule is CCN(CC(C)C(=O)OC)C(=O)c1cccc(Br)c1. The molecule has 1 atom stereocenters. The zero-order valence-electron chi connectivity index (χ0n) is 11.4. The number of halogens is 1. The van der Waals surface area contributed by atoms with Crippen LogP contribution in [0, 0.1) is 5.92 Å². The summed E-state index contributed by atoms with van der Waals surface area (Å²) in [5, 5.41) is 0. The van der Waals surface area contributed by atoms with Gasteiger partial charge in [0.25, 0.3) is 5.91 Å². The molecule has 0 aliphatic rings. The smallest absolute Gasteiger partial charge is 0.310 e. The minimum Gasteiger partial charge on any atom is -0.469 e. The molecule has 1 amide bonds. The zero-order valence-corrected chi connectivity index (χ0v) is 12.9. The molecule has 0 aliphatic heterocycles. The highest BCUT2D eigenvalue weighted by molar-refractivity contribution is 9.10. The van der Waals surface area contributed by atoms with E-state index >= 15 is 0 Å². The molecular weight excluding hydrogens is 310 g/mol. The number of hydrogen-bond acceptors (Lipinski definition) is 3. The van der Waals surface area contributed by atoms with Crippen molar-refractivity contribution in [3.8, 4) is 0 Å². The lowest BCUT2D eigenvalue weighted by Crippen LogP contribution is -2.37. The molecule has 0 fully saturated rings. The van der Waals surface area contributed by atoms with Gasteiger partial charge in [0.05, 0.1) is 13.0 Å². The topological polar surface area (TPSA) is 46.6 Å². The molecule has 1 rings (SSSR count). The second kappa shape index (κ2) is 7.28. The normalized spacial score (nSPS) is 11.8. The summed E-state index contributed by atoms with van der Waals surface area (Å²) in [5.41, 5.74) is 0.605. The minimum atomic E-state index is -0.332. The van der Waals surface area contributed by atoms with E-state index in [0.717, 1.165) is 4.47 Å². The van der Waals surface area contributed by atoms with Crippen LogP contribution in [0.4, 0.5) is 0 Å². The van der Waals surface area contributed by atoms with Crippen molar-refractivity contribution in [3.05, 3.63) is 34.3 Å². The van der Waals surface area contributed by atoms with Gasteiger partial charge < -0.3 is 9.64 Å². The van der Waals surface area contributed by atoms with Crippen LogP contribution in [0.15, 0.2) is 28.7 Å². The molecular formula is C14H18BrNO3. The van der Waals surface area contributed by atoms with Gasteiger partial charge in [-0.2, -0.15) is 0 Å². The fraction of sp³-hybridized carbons (Fsp3) is 0.429. The number of esters is 1. The number of amides is 1. The van der Waals surface area contributed by atoms with Gasteiger partial charge in [-0.05, 0) is 25.1 Å². The van der Waals surface area contributed by atoms with Gasteiger partial charge in [-0.1, -0.05) is 28.9 Å². The van der Waals surface area contributed by atoms with Gasteiger partial charge in [-0.3, -0.25) is 9.59 Å². The molecule has 0 saturated carbocycles. The van der Waals surface area contributed by atoms with Gasteiger partial charge in [-0.15, -0.1) is 0 Å². The van der Waals surface area contributed by atoms with Crippen LogP contribution in [0.3, 0.4) is 0 Å². The van der Waals surface area contributed by atoms with E-state index in [4.69, 9.17) is 0 Å². The lowest BCUT2D eigenvalue weighted by molar-refractivity contribution is -0.145. The van der Waals surface area contributed by atoms with E-state index in [-0.39, 0.29) is 17.8 Å². The Hall–Kier alpha value is -1.36. The third-order valence-electron chi connectivity index (χ3n) is 2.84. The summed E-state index contributed by atoms with van der Waals surface area (Å²) in [5.74, 6) is -0.721. The van der Waals surface area contributed by atoms with Crippen molar-refractivity contribution in [2.45, 2.75) is 13.8 Å². The van der Waals surface area contributed by atoms with Crippen LogP contribution in [0.1, 0.15) is 24.2 Å². The Labute approximate surface area is 121 Å². The highest BCUT2D eigenvalue weighted by Gasteiger charge is 2.21. The molecule has 5 heteroatoms. The highest BCUT2D eigenvalue weighted by atomic mass is 79.9. The Kier molecular flexibility index (Phi) is 6.02. The number of nitrogens with zero attached hydrogens (tertiary/aromatic N) is 1. The number of benzene rings is 1. The fourth-order valence-electron chi connectivity index (χ4n) is 1.77. The van der Waals surface area contributed by atoms with Crippen LogP contribution in [0.25, 0.3) is 0 Å². The molecule has 0 radical (unpaired) electrons. The number of carbonyl (C=O) groups is 2. The Balaban J connectivity index is 2.80. The number of hydrogen-bond donors (Lipinski definition) is 0. The first-order valence-corrected chi connectivity index (χ1v) is 6.91. The van der Waals surface area contributed by atoms with Crippen molar-refractivity contribution >= 4 is 27.8 Å². The van der Waals surface area contributed by atoms with Crippen LogP contribution < -0.4 is 0 Å². The van der Waals surface area contributed by atoms with Gasteiger partial charge in [0.1, 0.15) is 0 Å². The quantitative estimate of drug-likeness (QED) is 0.781. The van der Waals surface area contributed by atoms with Crippen molar-refractivity contribution < 1.29 is 14.3 Å². The molecule has 4 nitrogen and oxygen atoms in total. The molecule has 0 N–H and O–H groups in total. The third kappa shape index (κ3) is 4.35.